The summed E-state index contributed by atoms with van der Waals surface area (Å²) in [5, 5.41) is 8.27. The van der Waals surface area contributed by atoms with Gasteiger partial charge in [-0.1, -0.05) is 67.6 Å². The van der Waals surface area contributed by atoms with Gasteiger partial charge in [0.25, 0.3) is 0 Å². The number of ether oxygens (including phenoxy) is 3. The van der Waals surface area contributed by atoms with Gasteiger partial charge in [0.1, 0.15) is 19.3 Å². The summed E-state index contributed by atoms with van der Waals surface area (Å²) in [6.45, 7) is 4.23. The van der Waals surface area contributed by atoms with Gasteiger partial charge >= 0.3 is 18.2 Å². The predicted molar refractivity (Wildman–Crippen MR) is 201 cm³/mol. The Bertz CT molecular complexity index is 1390. The van der Waals surface area contributed by atoms with E-state index < -0.39 is 18.3 Å². The molecule has 0 saturated heterocycles. The number of guanidine groups is 1. The number of unbranched alkanes of at least 4 members (excludes halogenated alkanes) is 2. The summed E-state index contributed by atoms with van der Waals surface area (Å²) in [5.41, 5.74) is 12.4. The number of alkyl carbamates (subject to hydrolysis) is 1. The van der Waals surface area contributed by atoms with Crippen LogP contribution in [-0.2, 0) is 41.8 Å². The Balaban J connectivity index is 1.70. The normalized spacial score (nSPS) is 11.0. The summed E-state index contributed by atoms with van der Waals surface area (Å²) in [5.74, 6) is -0.871. The molecule has 0 heterocycles. The molecule has 4 amide bonds. The molecule has 0 spiro atoms. The fraction of sp³-hybridized carbons (Fsp3) is 0.526. The second-order valence-corrected chi connectivity index (χ2v) is 12.4. The number of rotatable bonds is 26. The third-order valence-corrected chi connectivity index (χ3v) is 7.80. The van der Waals surface area contributed by atoms with Crippen molar-refractivity contribution in [3.63, 3.8) is 0 Å². The Labute approximate surface area is 312 Å². The monoisotopic (exact) mass is 739 g/mol. The molecule has 0 saturated carbocycles. The second-order valence-electron chi connectivity index (χ2n) is 12.4. The molecule has 15 nitrogen and oxygen atoms in total. The topological polar surface area (TPSA) is 217 Å². The molecule has 0 aliphatic rings. The molecule has 0 fully saturated rings. The lowest BCUT2D eigenvalue weighted by atomic mass is 10.1. The molecule has 15 heteroatoms. The highest BCUT2D eigenvalue weighted by molar-refractivity contribution is 5.79. The molecule has 0 aliphatic heterocycles. The van der Waals surface area contributed by atoms with E-state index in [1.54, 1.807) is 4.90 Å². The van der Waals surface area contributed by atoms with Crippen LogP contribution in [0, 0.1) is 0 Å². The van der Waals surface area contributed by atoms with Gasteiger partial charge in [-0.3, -0.25) is 19.4 Å². The zero-order valence-electron chi connectivity index (χ0n) is 30.9. The van der Waals surface area contributed by atoms with E-state index in [2.05, 4.69) is 20.9 Å². The molecule has 0 aliphatic carbocycles. The zero-order valence-corrected chi connectivity index (χ0v) is 30.9. The van der Waals surface area contributed by atoms with Gasteiger partial charge in [-0.15, -0.1) is 0 Å². The van der Waals surface area contributed by atoms with Crippen molar-refractivity contribution in [2.45, 2.75) is 90.4 Å². The number of hydrogen-bond donors (Lipinski definition) is 5. The molecular formula is C38H57N7O8. The zero-order chi connectivity index (χ0) is 38.5. The second kappa shape index (κ2) is 27.3. The van der Waals surface area contributed by atoms with Gasteiger partial charge in [0.2, 0.25) is 11.8 Å². The van der Waals surface area contributed by atoms with Gasteiger partial charge in [0.05, 0.1) is 6.42 Å². The largest absolute Gasteiger partial charge is 0.462 e. The lowest BCUT2D eigenvalue weighted by Gasteiger charge is -2.22. The Hall–Kier alpha value is -5.34. The van der Waals surface area contributed by atoms with Crippen LogP contribution in [0.15, 0.2) is 65.7 Å². The van der Waals surface area contributed by atoms with Crippen LogP contribution in [0.4, 0.5) is 9.59 Å². The van der Waals surface area contributed by atoms with Crippen molar-refractivity contribution in [2.75, 3.05) is 39.3 Å². The Morgan fingerprint density at radius 2 is 1.34 bits per heavy atom. The smallest absolute Gasteiger partial charge is 0.410 e. The lowest BCUT2D eigenvalue weighted by Crippen LogP contribution is -2.36. The average molecular weight is 740 g/mol. The minimum absolute atomic E-state index is 0.00193. The minimum atomic E-state index is -0.574. The molecule has 53 heavy (non-hydrogen) atoms. The van der Waals surface area contributed by atoms with E-state index in [0.717, 1.165) is 11.1 Å². The summed E-state index contributed by atoms with van der Waals surface area (Å²) in [7, 11) is 0. The average Bonchev–Trinajstić information content (AvgIpc) is 3.14. The van der Waals surface area contributed by atoms with E-state index in [-0.39, 0.29) is 62.8 Å². The standard InChI is InChI=1S/C38H57N7O8/c1-2-14-35(48)53-32(19-9-10-22-43-36(39)40)27-34(47)42-24-20-33(46)41-21-11-12-25-45(38(50)52-29-31-17-7-4-8-18-31)26-13-23-44-37(49)51-28-30-15-5-3-6-16-30/h3-8,15-18,32H,2,9-14,19-29H2,1H3,(H,41,46)(H,42,47)(H,44,49)(H4,39,40,43). The van der Waals surface area contributed by atoms with Crippen molar-refractivity contribution in [1.82, 2.24) is 20.9 Å². The number of benzene rings is 2. The van der Waals surface area contributed by atoms with Crippen LogP contribution in [0.2, 0.25) is 0 Å². The van der Waals surface area contributed by atoms with Gasteiger partial charge in [0.15, 0.2) is 5.96 Å². The molecule has 7 N–H and O–H groups in total. The van der Waals surface area contributed by atoms with Crippen LogP contribution in [0.5, 0.6) is 0 Å². The number of amides is 4. The Morgan fingerprint density at radius 1 is 0.717 bits per heavy atom. The molecule has 2 aromatic carbocycles. The van der Waals surface area contributed by atoms with Crippen LogP contribution < -0.4 is 27.4 Å². The van der Waals surface area contributed by atoms with Gasteiger partial charge in [0, 0.05) is 52.1 Å². The van der Waals surface area contributed by atoms with Gasteiger partial charge in [-0.05, 0) is 56.1 Å². The molecule has 0 radical (unpaired) electrons. The van der Waals surface area contributed by atoms with Gasteiger partial charge in [-0.25, -0.2) is 9.59 Å². The number of nitrogens with zero attached hydrogens (tertiary/aromatic N) is 2. The molecule has 0 aromatic heterocycles. The van der Waals surface area contributed by atoms with E-state index in [0.29, 0.717) is 77.7 Å². The molecule has 1 unspecified atom stereocenters. The summed E-state index contributed by atoms with van der Waals surface area (Å²) < 4.78 is 16.3. The van der Waals surface area contributed by atoms with Crippen molar-refractivity contribution < 1.29 is 38.2 Å². The van der Waals surface area contributed by atoms with Crippen LogP contribution in [-0.4, -0.2) is 86.2 Å². The highest BCUT2D eigenvalue weighted by atomic mass is 16.6. The van der Waals surface area contributed by atoms with Crippen LogP contribution in [0.1, 0.15) is 82.3 Å². The van der Waals surface area contributed by atoms with E-state index in [4.69, 9.17) is 25.7 Å². The fourth-order valence-electron chi connectivity index (χ4n) is 5.02. The van der Waals surface area contributed by atoms with Crippen molar-refractivity contribution in [3.05, 3.63) is 71.8 Å². The Kier molecular flexibility index (Phi) is 22.6. The van der Waals surface area contributed by atoms with E-state index in [1.165, 1.54) is 0 Å². The number of carbonyl (C=O) groups is 5. The number of nitrogens with two attached hydrogens (primary N) is 2. The summed E-state index contributed by atoms with van der Waals surface area (Å²) in [6, 6.07) is 18.8. The third kappa shape index (κ3) is 22.3. The van der Waals surface area contributed by atoms with E-state index in [9.17, 15) is 24.0 Å². The number of nitrogens with one attached hydrogen (secondary N) is 3. The maximum Gasteiger partial charge on any atom is 0.410 e. The SMILES string of the molecule is CCCC(=O)OC(CCCCN=C(N)N)CC(=O)NCCC(=O)NCCCCN(CCCNC(=O)OCc1ccccc1)C(=O)OCc1ccccc1. The van der Waals surface area contributed by atoms with Crippen molar-refractivity contribution in [1.29, 1.82) is 0 Å². The van der Waals surface area contributed by atoms with Gasteiger partial charge < -0.3 is 46.5 Å². The molecule has 2 aromatic rings. The molecule has 292 valence electrons. The van der Waals surface area contributed by atoms with Crippen molar-refractivity contribution in [3.8, 4) is 0 Å². The Morgan fingerprint density at radius 3 is 2.00 bits per heavy atom. The maximum atomic E-state index is 12.9. The number of hydrogen-bond acceptors (Lipinski definition) is 9. The molecule has 1 atom stereocenters. The summed E-state index contributed by atoms with van der Waals surface area (Å²) in [6.07, 6.45) is 2.98. The third-order valence-electron chi connectivity index (χ3n) is 7.80. The van der Waals surface area contributed by atoms with Gasteiger partial charge in [-0.2, -0.15) is 0 Å². The number of esters is 1. The van der Waals surface area contributed by atoms with E-state index in [1.807, 2.05) is 67.6 Å². The number of aliphatic imine (C=N–C) groups is 1. The van der Waals surface area contributed by atoms with Crippen molar-refractivity contribution in [2.24, 2.45) is 16.5 Å². The quantitative estimate of drug-likeness (QED) is 0.0308. The highest BCUT2D eigenvalue weighted by Gasteiger charge is 2.19. The highest BCUT2D eigenvalue weighted by Crippen LogP contribution is 2.12. The predicted octanol–water partition coefficient (Wildman–Crippen LogP) is 3.89. The fourth-order valence-corrected chi connectivity index (χ4v) is 5.02. The number of carbonyl (C=O) groups excluding carboxylic acids is 5. The van der Waals surface area contributed by atoms with Crippen LogP contribution in [0.3, 0.4) is 0 Å². The first kappa shape index (κ1) is 43.8. The summed E-state index contributed by atoms with van der Waals surface area (Å²) >= 11 is 0. The van der Waals surface area contributed by atoms with Crippen LogP contribution >= 0.6 is 0 Å². The molecule has 0 bridgehead atoms. The first-order valence-corrected chi connectivity index (χ1v) is 18.3. The maximum absolute atomic E-state index is 12.9. The minimum Gasteiger partial charge on any atom is -0.462 e. The van der Waals surface area contributed by atoms with Crippen LogP contribution in [0.25, 0.3) is 0 Å². The molecule has 2 rings (SSSR count). The summed E-state index contributed by atoms with van der Waals surface area (Å²) in [4.78, 5) is 67.6. The van der Waals surface area contributed by atoms with Crippen molar-refractivity contribution >= 4 is 35.9 Å². The first-order chi connectivity index (χ1) is 25.7. The van der Waals surface area contributed by atoms with E-state index >= 15 is 0 Å². The lowest BCUT2D eigenvalue weighted by molar-refractivity contribution is -0.150. The first-order valence-electron chi connectivity index (χ1n) is 18.3. The molecular weight excluding hydrogens is 682 g/mol.